The number of nitrogen functional groups attached to an aromatic ring is 2. The number of hydrogen-bond acceptors (Lipinski definition) is 14. The number of anilines is 8. The third-order valence-corrected chi connectivity index (χ3v) is 13.6. The largest absolute Gasteiger partial charge is 0.477 e. The first-order chi connectivity index (χ1) is 35.5. The SMILES string of the molecule is Cc1ccsc1C(=O)O.Cc1ccsc1C(=O)n1nc(Nc2ccc(N3CCNC3=O)cc2)nc1N.Nc1nc(Nc2ccc(N3CCNC3=O)cc2)n[nH]1.[B]B([B])B([B])B(B(B([B])[B])B([B])[B])B(B([B])[B])B([B])[B]. The summed E-state index contributed by atoms with van der Waals surface area (Å²) in [6.45, 7) is 6.28. The van der Waals surface area contributed by atoms with E-state index in [2.05, 4.69) is 46.5 Å². The summed E-state index contributed by atoms with van der Waals surface area (Å²) in [5.41, 5.74) is 16.2. The van der Waals surface area contributed by atoms with Gasteiger partial charge in [0.2, 0.25) is 23.8 Å². The highest BCUT2D eigenvalue weighted by Gasteiger charge is 2.44. The first-order valence-electron chi connectivity index (χ1n) is 22.9. The average molecular weight is 1000 g/mol. The molecule has 0 saturated carbocycles. The molecule has 0 spiro atoms. The van der Waals surface area contributed by atoms with E-state index in [0.717, 1.165) is 38.6 Å². The fourth-order valence-corrected chi connectivity index (χ4v) is 9.46. The maximum Gasteiger partial charge on any atom is 0.346 e. The minimum Gasteiger partial charge on any atom is -0.477 e. The van der Waals surface area contributed by atoms with Crippen LogP contribution in [0.1, 0.15) is 30.5 Å². The molecule has 2 aliphatic heterocycles. The van der Waals surface area contributed by atoms with Crippen LogP contribution in [-0.4, -0.2) is 228 Å². The van der Waals surface area contributed by atoms with Crippen LogP contribution in [0.3, 0.4) is 0 Å². The number of carboxylic acid groups (broad SMARTS) is 1. The summed E-state index contributed by atoms with van der Waals surface area (Å²) < 4.78 is 1.09. The molecule has 0 aliphatic carbocycles. The molecule has 0 atom stereocenters. The Hall–Kier alpha value is -5.70. The zero-order valence-electron chi connectivity index (χ0n) is 41.0. The highest BCUT2D eigenvalue weighted by atomic mass is 32.1. The lowest BCUT2D eigenvalue weighted by Crippen LogP contribution is -2.80. The quantitative estimate of drug-likeness (QED) is 0.0450. The van der Waals surface area contributed by atoms with E-state index in [1.54, 1.807) is 28.2 Å². The van der Waals surface area contributed by atoms with E-state index in [1.807, 2.05) is 66.9 Å². The molecule has 2 aliphatic rings. The van der Waals surface area contributed by atoms with E-state index in [1.165, 1.54) is 22.7 Å². The summed E-state index contributed by atoms with van der Waals surface area (Å²) >= 11 is 2.59. The van der Waals surface area contributed by atoms with Gasteiger partial charge < -0.3 is 37.8 Å². The number of carboxylic acids is 1. The zero-order valence-corrected chi connectivity index (χ0v) is 42.6. The maximum absolute atomic E-state index is 12.6. The first kappa shape index (κ1) is 60.2. The number of aromatic carboxylic acids is 1. The van der Waals surface area contributed by atoms with Crippen molar-refractivity contribution in [3.05, 3.63) is 92.3 Å². The van der Waals surface area contributed by atoms with Gasteiger partial charge in [0.1, 0.15) is 4.88 Å². The van der Waals surface area contributed by atoms with E-state index in [0.29, 0.717) is 41.9 Å². The lowest BCUT2D eigenvalue weighted by Gasteiger charge is -2.42. The van der Waals surface area contributed by atoms with Gasteiger partial charge in [0.25, 0.3) is 5.91 Å². The van der Waals surface area contributed by atoms with Gasteiger partial charge >= 0.3 is 18.0 Å². The van der Waals surface area contributed by atoms with Gasteiger partial charge in [0.05, 0.1) is 4.88 Å². The molecule has 10 N–H and O–H groups in total. The number of nitrogens with zero attached hydrogens (tertiary/aromatic N) is 7. The summed E-state index contributed by atoms with van der Waals surface area (Å²) in [4.78, 5) is 58.5. The molecule has 41 heteroatoms. The van der Waals surface area contributed by atoms with Crippen molar-refractivity contribution in [2.45, 2.75) is 13.8 Å². The number of H-pyrrole nitrogens is 1. The molecule has 8 rings (SSSR count). The van der Waals surface area contributed by atoms with Crippen molar-refractivity contribution >= 4 is 236 Å². The summed E-state index contributed by atoms with van der Waals surface area (Å²) in [6.07, 6.45) is -7.15. The van der Waals surface area contributed by atoms with E-state index in [4.69, 9.17) is 102 Å². The van der Waals surface area contributed by atoms with Crippen LogP contribution in [0.4, 0.5) is 56.1 Å². The minimum atomic E-state index is -0.889. The molecule has 75 heavy (non-hydrogen) atoms. The number of aryl methyl sites for hydroxylation is 2. The van der Waals surface area contributed by atoms with Crippen LogP contribution in [0.5, 0.6) is 0 Å². The molecule has 6 heterocycles. The lowest BCUT2D eigenvalue weighted by molar-refractivity contribution is 0.0701. The number of thiophene rings is 2. The molecule has 344 valence electrons. The Morgan fingerprint density at radius 1 is 0.627 bits per heavy atom. The molecule has 2 aromatic carbocycles. The van der Waals surface area contributed by atoms with Crippen LogP contribution in [0.2, 0.25) is 0 Å². The number of aromatic nitrogens is 6. The number of nitrogens with one attached hydrogen (secondary N) is 5. The number of urea groups is 2. The van der Waals surface area contributed by atoms with Gasteiger partial charge in [-0.05, 0) is 96.4 Å². The summed E-state index contributed by atoms with van der Waals surface area (Å²) in [5.74, 6) is -0.238. The fourth-order valence-electron chi connectivity index (χ4n) is 7.85. The van der Waals surface area contributed by atoms with Gasteiger partial charge in [-0.1, -0.05) is 0 Å². The molecular formula is C34H36B20N14O5S2. The highest BCUT2D eigenvalue weighted by Crippen LogP contribution is 2.24. The molecule has 2 fully saturated rings. The fraction of sp³-hybridized carbons (Fsp3) is 0.176. The topological polar surface area (TPSA) is 267 Å². The number of hydrogen-bond donors (Lipinski definition) is 8. The van der Waals surface area contributed by atoms with Gasteiger partial charge in [-0.3, -0.25) is 14.6 Å². The predicted octanol–water partition coefficient (Wildman–Crippen LogP) is -3.01. The van der Waals surface area contributed by atoms with E-state index < -0.39 is 63.4 Å². The van der Waals surface area contributed by atoms with Crippen molar-refractivity contribution in [3.8, 4) is 0 Å². The van der Waals surface area contributed by atoms with Crippen LogP contribution in [0, 0.1) is 13.8 Å². The van der Waals surface area contributed by atoms with Gasteiger partial charge in [-0.2, -0.15) is 14.6 Å². The second kappa shape index (κ2) is 27.9. The minimum absolute atomic E-state index is 0.0145. The third kappa shape index (κ3) is 16.4. The molecule has 19 nitrogen and oxygen atoms in total. The monoisotopic (exact) mass is 1000 g/mol. The van der Waals surface area contributed by atoms with Crippen LogP contribution in [-0.2, 0) is 0 Å². The maximum atomic E-state index is 12.6. The predicted molar refractivity (Wildman–Crippen MR) is 326 cm³/mol. The van der Waals surface area contributed by atoms with Crippen molar-refractivity contribution < 1.29 is 24.3 Å². The molecular weight excluding hydrogens is 965 g/mol. The highest BCUT2D eigenvalue weighted by molar-refractivity contribution is 8.19. The number of rotatable bonds is 16. The van der Waals surface area contributed by atoms with Gasteiger partial charge in [-0.25, -0.2) is 19.5 Å². The van der Waals surface area contributed by atoms with Crippen LogP contribution in [0.15, 0.2) is 71.4 Å². The molecule has 0 unspecified atom stereocenters. The number of aromatic amines is 1. The van der Waals surface area contributed by atoms with Crippen molar-refractivity contribution in [2.24, 2.45) is 0 Å². The van der Waals surface area contributed by atoms with Gasteiger partial charge in [0.15, 0.2) is 0 Å². The third-order valence-electron chi connectivity index (χ3n) is 11.6. The number of carbonyl (C=O) groups is 4. The number of nitrogens with two attached hydrogens (primary N) is 2. The molecule has 4 amide bonds. The Morgan fingerprint density at radius 2 is 1.07 bits per heavy atom. The Labute approximate surface area is 462 Å². The lowest BCUT2D eigenvalue weighted by atomic mass is 8.39. The van der Waals surface area contributed by atoms with E-state index in [-0.39, 0.29) is 35.8 Å². The van der Waals surface area contributed by atoms with Crippen molar-refractivity contribution in [1.82, 2.24) is 40.6 Å². The molecule has 0 bridgehead atoms. The van der Waals surface area contributed by atoms with Crippen molar-refractivity contribution in [2.75, 3.05) is 58.1 Å². The Morgan fingerprint density at radius 3 is 1.40 bits per heavy atom. The van der Waals surface area contributed by atoms with E-state index in [9.17, 15) is 19.2 Å². The molecule has 6 aromatic rings. The van der Waals surface area contributed by atoms with Gasteiger partial charge in [-0.15, -0.1) is 32.9 Å². The average Bonchev–Trinajstić information content (AvgIpc) is 4.24. The smallest absolute Gasteiger partial charge is 0.346 e. The van der Waals surface area contributed by atoms with Crippen LogP contribution >= 0.6 is 22.7 Å². The second-order valence-electron chi connectivity index (χ2n) is 17.0. The van der Waals surface area contributed by atoms with E-state index >= 15 is 0 Å². The van der Waals surface area contributed by atoms with Crippen molar-refractivity contribution in [1.29, 1.82) is 0 Å². The molecule has 4 aromatic heterocycles. The number of carbonyl (C=O) groups excluding carboxylic acids is 3. The van der Waals surface area contributed by atoms with Gasteiger partial charge in [0, 0.05) is 192 Å². The van der Waals surface area contributed by atoms with Crippen molar-refractivity contribution in [3.63, 3.8) is 0 Å². The normalized spacial score (nSPS) is 12.2. The summed E-state index contributed by atoms with van der Waals surface area (Å²) in [7, 11) is 63.2. The molecule has 2 saturated heterocycles. The number of benzene rings is 2. The Balaban J connectivity index is 0.000000195. The second-order valence-corrected chi connectivity index (χ2v) is 18.9. The summed E-state index contributed by atoms with van der Waals surface area (Å²) in [6, 6.07) is 18.2. The first-order valence-corrected chi connectivity index (χ1v) is 24.7. The van der Waals surface area contributed by atoms with Crippen LogP contribution in [0.25, 0.3) is 0 Å². The summed E-state index contributed by atoms with van der Waals surface area (Å²) in [5, 5.41) is 34.2. The Bertz CT molecular complexity index is 2790. The standard InChI is InChI=1S/C17H17N7O2S.C11H13N7O.C6H6O2S.B20/c1-10-6-9-27-13(10)14(25)24-15(18)21-16(22-24)20-11-2-4-12(5-3-11)23-8-7-19-17(23)26;12-9-15-10(17-16-9)14-7-1-3-8(4-2-7)18-6-5-13-11(18)19;1-4-2-3-9-5(4)6(7)8;1-12(2)17(11)20(18(13(3)4)14(5)6)19(15(7)8)16(9)10/h2-6,9H,7-8H2,1H3,(H,19,26)(H3,18,20,21,22);1-4H,5-6H2,(H,13,19)(H4,12,14,15,16,17);2-3H,1H3,(H,7,8);. The number of amides is 4. The molecule has 22 radical (unpaired) electrons. The Kier molecular flexibility index (Phi) is 22.4. The zero-order chi connectivity index (χ0) is 55.3. The van der Waals surface area contributed by atoms with Crippen LogP contribution < -0.4 is 42.5 Å².